The van der Waals surface area contributed by atoms with Gasteiger partial charge in [-0.2, -0.15) is 0 Å². The first kappa shape index (κ1) is 16.9. The van der Waals surface area contributed by atoms with Crippen LogP contribution >= 0.6 is 0 Å². The van der Waals surface area contributed by atoms with Crippen LogP contribution in [0.1, 0.15) is 43.5 Å². The third-order valence-electron chi connectivity index (χ3n) is 3.51. The second-order valence-electron chi connectivity index (χ2n) is 6.10. The molecule has 0 heterocycles. The summed E-state index contributed by atoms with van der Waals surface area (Å²) in [6.45, 7) is 5.99. The zero-order chi connectivity index (χ0) is 15.0. The smallest absolute Gasteiger partial charge is 0.169 e. The molecule has 0 saturated carbocycles. The standard InChI is InChI=1S/C17H27NO2/c1-17(2,14-18(3)12-8-5-9-13-19)16(20)15-10-6-4-7-11-15/h4,6-7,10-11,19H,5,8-9,12-14H2,1-3H3. The number of hydrogen-bond donors (Lipinski definition) is 1. The Balaban J connectivity index is 2.49. The van der Waals surface area contributed by atoms with E-state index in [9.17, 15) is 4.79 Å². The van der Waals surface area contributed by atoms with Crippen molar-refractivity contribution in [2.45, 2.75) is 33.1 Å². The molecule has 1 rings (SSSR count). The predicted octanol–water partition coefficient (Wildman–Crippen LogP) is 2.99. The number of aliphatic hydroxyl groups excluding tert-OH is 1. The molecule has 0 amide bonds. The molecule has 0 unspecified atom stereocenters. The molecular weight excluding hydrogens is 250 g/mol. The number of aliphatic hydroxyl groups is 1. The van der Waals surface area contributed by atoms with E-state index in [1.807, 2.05) is 44.2 Å². The number of Topliss-reactive ketones (excluding diaryl/α,β-unsaturated/α-hetero) is 1. The minimum atomic E-state index is -0.382. The summed E-state index contributed by atoms with van der Waals surface area (Å²) in [5.41, 5.74) is 0.402. The summed E-state index contributed by atoms with van der Waals surface area (Å²) in [6.07, 6.45) is 2.96. The fraction of sp³-hybridized carbons (Fsp3) is 0.588. The Kier molecular flexibility index (Phi) is 6.89. The van der Waals surface area contributed by atoms with E-state index in [0.29, 0.717) is 0 Å². The molecule has 0 fully saturated rings. The maximum absolute atomic E-state index is 12.5. The summed E-state index contributed by atoms with van der Waals surface area (Å²) in [6, 6.07) is 9.50. The van der Waals surface area contributed by atoms with Crippen LogP contribution in [0, 0.1) is 5.41 Å². The van der Waals surface area contributed by atoms with Crippen molar-refractivity contribution >= 4 is 5.78 Å². The van der Waals surface area contributed by atoms with E-state index >= 15 is 0 Å². The van der Waals surface area contributed by atoms with Crippen LogP contribution in [0.15, 0.2) is 30.3 Å². The molecule has 0 atom stereocenters. The van der Waals surface area contributed by atoms with Gasteiger partial charge in [-0.15, -0.1) is 0 Å². The second-order valence-corrected chi connectivity index (χ2v) is 6.10. The van der Waals surface area contributed by atoms with E-state index in [-0.39, 0.29) is 17.8 Å². The Morgan fingerprint density at radius 1 is 1.15 bits per heavy atom. The zero-order valence-corrected chi connectivity index (χ0v) is 12.9. The number of unbranched alkanes of at least 4 members (excludes halogenated alkanes) is 2. The molecule has 112 valence electrons. The summed E-state index contributed by atoms with van der Waals surface area (Å²) in [5.74, 6) is 0.195. The maximum Gasteiger partial charge on any atom is 0.169 e. The van der Waals surface area contributed by atoms with Crippen LogP contribution in [-0.2, 0) is 0 Å². The van der Waals surface area contributed by atoms with Gasteiger partial charge in [0.15, 0.2) is 5.78 Å². The van der Waals surface area contributed by atoms with Gasteiger partial charge >= 0.3 is 0 Å². The van der Waals surface area contributed by atoms with Crippen LogP contribution in [0.4, 0.5) is 0 Å². The Hall–Kier alpha value is -1.19. The highest BCUT2D eigenvalue weighted by Crippen LogP contribution is 2.23. The number of rotatable bonds is 9. The van der Waals surface area contributed by atoms with E-state index in [0.717, 1.165) is 37.9 Å². The Morgan fingerprint density at radius 3 is 2.40 bits per heavy atom. The highest BCUT2D eigenvalue weighted by atomic mass is 16.2. The fourth-order valence-corrected chi connectivity index (χ4v) is 2.48. The Labute approximate surface area is 122 Å². The lowest BCUT2D eigenvalue weighted by Crippen LogP contribution is -2.37. The molecular formula is C17H27NO2. The minimum Gasteiger partial charge on any atom is -0.396 e. The fourth-order valence-electron chi connectivity index (χ4n) is 2.48. The zero-order valence-electron chi connectivity index (χ0n) is 12.9. The first-order chi connectivity index (χ1) is 9.47. The summed E-state index contributed by atoms with van der Waals surface area (Å²) >= 11 is 0. The summed E-state index contributed by atoms with van der Waals surface area (Å²) in [7, 11) is 2.05. The number of carbonyl (C=O) groups excluding carboxylic acids is 1. The van der Waals surface area contributed by atoms with Gasteiger partial charge in [-0.3, -0.25) is 4.79 Å². The molecule has 0 aliphatic carbocycles. The average Bonchev–Trinajstić information content (AvgIpc) is 2.43. The van der Waals surface area contributed by atoms with E-state index < -0.39 is 0 Å². The molecule has 0 saturated heterocycles. The van der Waals surface area contributed by atoms with Crippen LogP contribution < -0.4 is 0 Å². The molecule has 0 radical (unpaired) electrons. The highest BCUT2D eigenvalue weighted by molar-refractivity contribution is 6.00. The molecule has 0 aromatic heterocycles. The van der Waals surface area contributed by atoms with Gasteiger partial charge in [-0.25, -0.2) is 0 Å². The van der Waals surface area contributed by atoms with Crippen molar-refractivity contribution in [1.29, 1.82) is 0 Å². The molecule has 0 aliphatic rings. The van der Waals surface area contributed by atoms with Crippen molar-refractivity contribution in [3.05, 3.63) is 35.9 Å². The van der Waals surface area contributed by atoms with E-state index in [4.69, 9.17) is 5.11 Å². The van der Waals surface area contributed by atoms with Gasteiger partial charge in [-0.1, -0.05) is 44.2 Å². The van der Waals surface area contributed by atoms with Crippen molar-refractivity contribution in [3.8, 4) is 0 Å². The largest absolute Gasteiger partial charge is 0.396 e. The van der Waals surface area contributed by atoms with E-state index in [1.54, 1.807) is 0 Å². The third kappa shape index (κ3) is 5.43. The van der Waals surface area contributed by atoms with Crippen LogP contribution in [0.5, 0.6) is 0 Å². The topological polar surface area (TPSA) is 40.5 Å². The maximum atomic E-state index is 12.5. The van der Waals surface area contributed by atoms with Gasteiger partial charge in [0.1, 0.15) is 0 Å². The molecule has 1 N–H and O–H groups in total. The highest BCUT2D eigenvalue weighted by Gasteiger charge is 2.29. The van der Waals surface area contributed by atoms with Gasteiger partial charge < -0.3 is 10.0 Å². The lowest BCUT2D eigenvalue weighted by molar-refractivity contribution is 0.0782. The first-order valence-electron chi connectivity index (χ1n) is 7.36. The second kappa shape index (κ2) is 8.18. The van der Waals surface area contributed by atoms with Crippen LogP contribution in [0.25, 0.3) is 0 Å². The van der Waals surface area contributed by atoms with Crippen LogP contribution in [0.3, 0.4) is 0 Å². The first-order valence-corrected chi connectivity index (χ1v) is 7.36. The summed E-state index contributed by atoms with van der Waals surface area (Å²) in [4.78, 5) is 14.7. The quantitative estimate of drug-likeness (QED) is 0.557. The number of ketones is 1. The monoisotopic (exact) mass is 277 g/mol. The lowest BCUT2D eigenvalue weighted by Gasteiger charge is -2.29. The van der Waals surface area contributed by atoms with E-state index in [1.165, 1.54) is 0 Å². The van der Waals surface area contributed by atoms with Gasteiger partial charge in [-0.05, 0) is 32.9 Å². The Bertz CT molecular complexity index is 401. The molecule has 0 bridgehead atoms. The Morgan fingerprint density at radius 2 is 1.80 bits per heavy atom. The molecule has 1 aromatic rings. The number of benzene rings is 1. The number of nitrogens with zero attached hydrogens (tertiary/aromatic N) is 1. The van der Waals surface area contributed by atoms with Crippen molar-refractivity contribution in [2.24, 2.45) is 5.41 Å². The number of hydrogen-bond acceptors (Lipinski definition) is 3. The van der Waals surface area contributed by atoms with E-state index in [2.05, 4.69) is 11.9 Å². The average molecular weight is 277 g/mol. The van der Waals surface area contributed by atoms with Crippen molar-refractivity contribution in [2.75, 3.05) is 26.7 Å². The summed E-state index contributed by atoms with van der Waals surface area (Å²) in [5, 5.41) is 8.76. The normalized spacial score (nSPS) is 11.8. The molecule has 20 heavy (non-hydrogen) atoms. The van der Waals surface area contributed by atoms with Crippen LogP contribution in [-0.4, -0.2) is 42.5 Å². The number of carbonyl (C=O) groups is 1. The van der Waals surface area contributed by atoms with Gasteiger partial charge in [0, 0.05) is 24.1 Å². The molecule has 1 aromatic carbocycles. The van der Waals surface area contributed by atoms with Gasteiger partial charge in [0.05, 0.1) is 0 Å². The van der Waals surface area contributed by atoms with Gasteiger partial charge in [0.2, 0.25) is 0 Å². The minimum absolute atomic E-state index is 0.195. The summed E-state index contributed by atoms with van der Waals surface area (Å²) < 4.78 is 0. The lowest BCUT2D eigenvalue weighted by atomic mass is 9.83. The predicted molar refractivity (Wildman–Crippen MR) is 83.0 cm³/mol. The third-order valence-corrected chi connectivity index (χ3v) is 3.51. The van der Waals surface area contributed by atoms with Crippen molar-refractivity contribution in [3.63, 3.8) is 0 Å². The molecule has 3 heteroatoms. The molecule has 3 nitrogen and oxygen atoms in total. The van der Waals surface area contributed by atoms with Gasteiger partial charge in [0.25, 0.3) is 0 Å². The molecule has 0 aliphatic heterocycles. The van der Waals surface area contributed by atoms with Crippen LogP contribution in [0.2, 0.25) is 0 Å². The van der Waals surface area contributed by atoms with Crippen molar-refractivity contribution in [1.82, 2.24) is 4.90 Å². The van der Waals surface area contributed by atoms with Crippen molar-refractivity contribution < 1.29 is 9.90 Å². The SMILES string of the molecule is CN(CCCCCO)CC(C)(C)C(=O)c1ccccc1. The molecule has 0 spiro atoms.